The smallest absolute Gasteiger partial charge is 0.252 e. The lowest BCUT2D eigenvalue weighted by Crippen LogP contribution is -2.35. The van der Waals surface area contributed by atoms with Gasteiger partial charge in [-0.25, -0.2) is 0 Å². The molecule has 158 valence electrons. The van der Waals surface area contributed by atoms with Crippen molar-refractivity contribution in [1.82, 2.24) is 10.6 Å². The first-order chi connectivity index (χ1) is 14.3. The van der Waals surface area contributed by atoms with Crippen LogP contribution in [0.15, 0.2) is 59.5 Å². The molecule has 2 aromatic rings. The molecule has 5 nitrogen and oxygen atoms in total. The second-order valence-corrected chi connectivity index (χ2v) is 9.69. The second kappa shape index (κ2) is 9.47. The molecule has 6 heteroatoms. The van der Waals surface area contributed by atoms with Gasteiger partial charge in [-0.05, 0) is 30.5 Å². The molecular weight excluding hydrogens is 396 g/mol. The van der Waals surface area contributed by atoms with Gasteiger partial charge in [0, 0.05) is 16.4 Å². The first kappa shape index (κ1) is 22.1. The minimum absolute atomic E-state index is 0.0222. The summed E-state index contributed by atoms with van der Waals surface area (Å²) < 4.78 is 0. The number of Topliss-reactive ketones (excluding diaryl/α,β-unsaturated/α-hetero) is 1. The van der Waals surface area contributed by atoms with Crippen molar-refractivity contribution < 1.29 is 14.4 Å². The number of carbonyl (C=O) groups is 3. The van der Waals surface area contributed by atoms with E-state index in [2.05, 4.69) is 10.6 Å². The predicted octanol–water partition coefficient (Wildman–Crippen LogP) is 4.14. The van der Waals surface area contributed by atoms with E-state index in [1.54, 1.807) is 12.1 Å². The summed E-state index contributed by atoms with van der Waals surface area (Å²) in [4.78, 5) is 38.6. The van der Waals surface area contributed by atoms with Gasteiger partial charge in [-0.2, -0.15) is 0 Å². The highest BCUT2D eigenvalue weighted by atomic mass is 32.2. The molecule has 3 rings (SSSR count). The zero-order valence-electron chi connectivity index (χ0n) is 17.6. The Morgan fingerprint density at radius 1 is 1.00 bits per heavy atom. The van der Waals surface area contributed by atoms with Crippen LogP contribution in [0.3, 0.4) is 0 Å². The minimum atomic E-state index is -0.513. The minimum Gasteiger partial charge on any atom is -0.352 e. The van der Waals surface area contributed by atoms with Gasteiger partial charge >= 0.3 is 0 Å². The third kappa shape index (κ3) is 5.95. The fourth-order valence-corrected chi connectivity index (χ4v) is 3.98. The summed E-state index contributed by atoms with van der Waals surface area (Å²) in [6.07, 6.45) is 2.03. The predicted molar refractivity (Wildman–Crippen MR) is 119 cm³/mol. The van der Waals surface area contributed by atoms with E-state index in [0.717, 1.165) is 18.4 Å². The van der Waals surface area contributed by atoms with Crippen LogP contribution in [0.25, 0.3) is 0 Å². The van der Waals surface area contributed by atoms with E-state index in [-0.39, 0.29) is 30.2 Å². The standard InChI is InChI=1S/C24H28N2O3S/c1-24(2,3)20(27)15-25-22(28)18-11-7-8-12-19(18)30-21(16-9-5-4-6-10-16)23(29)26-17-13-14-17/h4-12,17,21H,13-15H2,1-3H3,(H,25,28)(H,26,29). The highest BCUT2D eigenvalue weighted by Gasteiger charge is 2.30. The van der Waals surface area contributed by atoms with Crippen molar-refractivity contribution in [3.8, 4) is 0 Å². The largest absolute Gasteiger partial charge is 0.352 e. The van der Waals surface area contributed by atoms with Crippen LogP contribution in [0.5, 0.6) is 0 Å². The van der Waals surface area contributed by atoms with E-state index >= 15 is 0 Å². The molecule has 2 N–H and O–H groups in total. The highest BCUT2D eigenvalue weighted by molar-refractivity contribution is 8.00. The fraction of sp³-hybridized carbons (Fsp3) is 0.375. The number of nitrogens with one attached hydrogen (secondary N) is 2. The number of rotatable bonds is 8. The number of hydrogen-bond acceptors (Lipinski definition) is 4. The maximum atomic E-state index is 12.9. The molecule has 1 aliphatic rings. The maximum Gasteiger partial charge on any atom is 0.252 e. The number of benzene rings is 2. The first-order valence-corrected chi connectivity index (χ1v) is 11.1. The monoisotopic (exact) mass is 424 g/mol. The Kier molecular flexibility index (Phi) is 6.98. The Hall–Kier alpha value is -2.60. The van der Waals surface area contributed by atoms with Crippen molar-refractivity contribution >= 4 is 29.4 Å². The average Bonchev–Trinajstić information content (AvgIpc) is 3.54. The van der Waals surface area contributed by atoms with Gasteiger partial charge in [0.1, 0.15) is 5.25 Å². The van der Waals surface area contributed by atoms with Gasteiger partial charge in [-0.15, -0.1) is 11.8 Å². The van der Waals surface area contributed by atoms with Gasteiger partial charge in [-0.1, -0.05) is 63.2 Å². The Morgan fingerprint density at radius 2 is 1.63 bits per heavy atom. The van der Waals surface area contributed by atoms with Gasteiger partial charge in [-0.3, -0.25) is 14.4 Å². The second-order valence-electron chi connectivity index (χ2n) is 8.54. The summed E-state index contributed by atoms with van der Waals surface area (Å²) in [6, 6.07) is 17.0. The Labute approximate surface area is 182 Å². The number of amides is 2. The van der Waals surface area contributed by atoms with E-state index < -0.39 is 10.7 Å². The number of ketones is 1. The third-order valence-electron chi connectivity index (χ3n) is 4.89. The Balaban J connectivity index is 1.79. The van der Waals surface area contributed by atoms with Crippen molar-refractivity contribution in [3.63, 3.8) is 0 Å². The lowest BCUT2D eigenvalue weighted by atomic mass is 9.91. The van der Waals surface area contributed by atoms with Gasteiger partial charge in [0.2, 0.25) is 5.91 Å². The van der Waals surface area contributed by atoms with Crippen LogP contribution in [0.4, 0.5) is 0 Å². The third-order valence-corrected chi connectivity index (χ3v) is 6.22. The van der Waals surface area contributed by atoms with Crippen molar-refractivity contribution in [3.05, 3.63) is 65.7 Å². The summed E-state index contributed by atoms with van der Waals surface area (Å²) in [7, 11) is 0. The van der Waals surface area contributed by atoms with Gasteiger partial charge in [0.25, 0.3) is 5.91 Å². The lowest BCUT2D eigenvalue weighted by molar-refractivity contribution is -0.125. The molecule has 1 aliphatic carbocycles. The summed E-state index contributed by atoms with van der Waals surface area (Å²) in [5.74, 6) is -0.399. The molecule has 1 unspecified atom stereocenters. The summed E-state index contributed by atoms with van der Waals surface area (Å²) >= 11 is 1.36. The maximum absolute atomic E-state index is 12.9. The molecule has 2 amide bonds. The average molecular weight is 425 g/mol. The molecule has 0 saturated heterocycles. The van der Waals surface area contributed by atoms with Crippen molar-refractivity contribution in [2.75, 3.05) is 6.54 Å². The molecule has 0 spiro atoms. The lowest BCUT2D eigenvalue weighted by Gasteiger charge is -2.19. The van der Waals surface area contributed by atoms with Crippen LogP contribution in [0.2, 0.25) is 0 Å². The first-order valence-electron chi connectivity index (χ1n) is 10.2. The van der Waals surface area contributed by atoms with Gasteiger partial charge < -0.3 is 10.6 Å². The van der Waals surface area contributed by atoms with E-state index in [9.17, 15) is 14.4 Å². The molecule has 0 aromatic heterocycles. The SMILES string of the molecule is CC(C)(C)C(=O)CNC(=O)c1ccccc1SC(C(=O)NC1CC1)c1ccccc1. The summed E-state index contributed by atoms with van der Waals surface area (Å²) in [5.41, 5.74) is 0.837. The number of thioether (sulfide) groups is 1. The number of hydrogen-bond donors (Lipinski definition) is 2. The molecule has 0 radical (unpaired) electrons. The molecule has 0 heterocycles. The Bertz CT molecular complexity index is 918. The molecule has 1 atom stereocenters. The molecule has 2 aromatic carbocycles. The van der Waals surface area contributed by atoms with Crippen LogP contribution >= 0.6 is 11.8 Å². The van der Waals surface area contributed by atoms with Crippen molar-refractivity contribution in [2.24, 2.45) is 5.41 Å². The normalized spacial score (nSPS) is 14.6. The van der Waals surface area contributed by atoms with E-state index in [1.165, 1.54) is 11.8 Å². The van der Waals surface area contributed by atoms with Gasteiger partial charge in [0.15, 0.2) is 5.78 Å². The van der Waals surface area contributed by atoms with E-state index in [1.807, 2.05) is 63.2 Å². The van der Waals surface area contributed by atoms with Gasteiger partial charge in [0.05, 0.1) is 12.1 Å². The summed E-state index contributed by atoms with van der Waals surface area (Å²) in [6.45, 7) is 5.46. The molecule has 1 saturated carbocycles. The van der Waals surface area contributed by atoms with Crippen LogP contribution in [0, 0.1) is 5.41 Å². The quantitative estimate of drug-likeness (QED) is 0.625. The van der Waals surface area contributed by atoms with Crippen molar-refractivity contribution in [1.29, 1.82) is 0 Å². The molecule has 1 fully saturated rings. The van der Waals surface area contributed by atoms with E-state index in [0.29, 0.717) is 10.5 Å². The topological polar surface area (TPSA) is 75.3 Å². The molecule has 30 heavy (non-hydrogen) atoms. The molecule has 0 bridgehead atoms. The van der Waals surface area contributed by atoms with Crippen LogP contribution in [0.1, 0.15) is 54.8 Å². The van der Waals surface area contributed by atoms with Crippen LogP contribution in [-0.2, 0) is 9.59 Å². The van der Waals surface area contributed by atoms with E-state index in [4.69, 9.17) is 0 Å². The number of carbonyl (C=O) groups excluding carboxylic acids is 3. The fourth-order valence-electron chi connectivity index (χ4n) is 2.81. The highest BCUT2D eigenvalue weighted by Crippen LogP contribution is 2.38. The summed E-state index contributed by atoms with van der Waals surface area (Å²) in [5, 5.41) is 5.34. The zero-order valence-corrected chi connectivity index (χ0v) is 18.4. The van der Waals surface area contributed by atoms with Crippen molar-refractivity contribution in [2.45, 2.75) is 49.8 Å². The molecular formula is C24H28N2O3S. The zero-order chi connectivity index (χ0) is 21.7. The van der Waals surface area contributed by atoms with Crippen LogP contribution in [-0.4, -0.2) is 30.2 Å². The molecule has 0 aliphatic heterocycles. The van der Waals surface area contributed by atoms with Crippen LogP contribution < -0.4 is 10.6 Å². The Morgan fingerprint density at radius 3 is 2.27 bits per heavy atom.